The molecule has 2 rings (SSSR count). The van der Waals surface area contributed by atoms with Gasteiger partial charge in [-0.25, -0.2) is 0 Å². The van der Waals surface area contributed by atoms with Crippen molar-refractivity contribution in [2.75, 3.05) is 20.7 Å². The molecule has 4 nitrogen and oxygen atoms in total. The van der Waals surface area contributed by atoms with Crippen molar-refractivity contribution < 1.29 is 14.6 Å². The highest BCUT2D eigenvalue weighted by Gasteiger charge is 2.12. The van der Waals surface area contributed by atoms with Crippen molar-refractivity contribution in [3.8, 4) is 16.9 Å². The van der Waals surface area contributed by atoms with Crippen molar-refractivity contribution in [1.29, 1.82) is 0 Å². The Kier molecular flexibility index (Phi) is 6.38. The minimum Gasteiger partial charge on any atom is -0.496 e. The number of carboxylic acid groups (broad SMARTS) is 1. The average Bonchev–Trinajstić information content (AvgIpc) is 2.60. The van der Waals surface area contributed by atoms with E-state index in [1.807, 2.05) is 25.2 Å². The van der Waals surface area contributed by atoms with Crippen molar-refractivity contribution in [3.05, 3.63) is 54.1 Å². The smallest absolute Gasteiger partial charge is 0.303 e. The van der Waals surface area contributed by atoms with Gasteiger partial charge < -0.3 is 9.84 Å². The maximum atomic E-state index is 10.6. The Bertz CT molecular complexity index is 667. The van der Waals surface area contributed by atoms with Crippen LogP contribution in [0.4, 0.5) is 0 Å². The SMILES string of the molecule is COc1ccccc1-c1ccc(C(C)N(C)CCCC(=O)O)cc1. The first-order valence-electron chi connectivity index (χ1n) is 8.18. The van der Waals surface area contributed by atoms with E-state index in [2.05, 4.69) is 42.2 Å². The molecule has 0 aliphatic rings. The molecular weight excluding hydrogens is 302 g/mol. The predicted octanol–water partition coefficient (Wildman–Crippen LogP) is 4.22. The largest absolute Gasteiger partial charge is 0.496 e. The summed E-state index contributed by atoms with van der Waals surface area (Å²) >= 11 is 0. The van der Waals surface area contributed by atoms with Crippen LogP contribution in [0, 0.1) is 0 Å². The molecule has 0 aliphatic carbocycles. The summed E-state index contributed by atoms with van der Waals surface area (Å²) in [5, 5.41) is 8.73. The predicted molar refractivity (Wildman–Crippen MR) is 96.3 cm³/mol. The quantitative estimate of drug-likeness (QED) is 0.788. The monoisotopic (exact) mass is 327 g/mol. The number of ether oxygens (including phenoxy) is 1. The Hall–Kier alpha value is -2.33. The molecule has 2 aromatic rings. The van der Waals surface area contributed by atoms with Crippen molar-refractivity contribution in [3.63, 3.8) is 0 Å². The topological polar surface area (TPSA) is 49.8 Å². The third-order valence-electron chi connectivity index (χ3n) is 4.37. The van der Waals surface area contributed by atoms with E-state index in [0.29, 0.717) is 6.42 Å². The Labute approximate surface area is 143 Å². The van der Waals surface area contributed by atoms with E-state index in [1.165, 1.54) is 5.56 Å². The maximum absolute atomic E-state index is 10.6. The van der Waals surface area contributed by atoms with Crippen LogP contribution in [0.3, 0.4) is 0 Å². The third kappa shape index (κ3) is 4.59. The van der Waals surface area contributed by atoms with Crippen molar-refractivity contribution in [1.82, 2.24) is 4.90 Å². The fraction of sp³-hybridized carbons (Fsp3) is 0.350. The van der Waals surface area contributed by atoms with E-state index in [1.54, 1.807) is 7.11 Å². The molecule has 0 aromatic heterocycles. The summed E-state index contributed by atoms with van der Waals surface area (Å²) in [6.45, 7) is 2.90. The number of carboxylic acids is 1. The van der Waals surface area contributed by atoms with Gasteiger partial charge in [-0.05, 0) is 44.1 Å². The Morgan fingerprint density at radius 2 is 1.83 bits per heavy atom. The molecule has 0 aliphatic heterocycles. The van der Waals surface area contributed by atoms with Gasteiger partial charge in [-0.1, -0.05) is 42.5 Å². The summed E-state index contributed by atoms with van der Waals surface area (Å²) in [6, 6.07) is 16.7. The van der Waals surface area contributed by atoms with E-state index in [-0.39, 0.29) is 12.5 Å². The van der Waals surface area contributed by atoms with Crippen LogP contribution in [0.5, 0.6) is 5.75 Å². The van der Waals surface area contributed by atoms with Gasteiger partial charge in [0.25, 0.3) is 0 Å². The van der Waals surface area contributed by atoms with Gasteiger partial charge in [0.05, 0.1) is 7.11 Å². The highest BCUT2D eigenvalue weighted by molar-refractivity contribution is 5.70. The zero-order chi connectivity index (χ0) is 17.5. The van der Waals surface area contributed by atoms with Crippen LogP contribution >= 0.6 is 0 Å². The van der Waals surface area contributed by atoms with Crippen LogP contribution in [0.25, 0.3) is 11.1 Å². The Morgan fingerprint density at radius 3 is 2.46 bits per heavy atom. The lowest BCUT2D eigenvalue weighted by atomic mass is 10.00. The lowest BCUT2D eigenvalue weighted by molar-refractivity contribution is -0.137. The third-order valence-corrected chi connectivity index (χ3v) is 4.37. The standard InChI is InChI=1S/C20H25NO3/c1-15(21(2)14-6-9-20(22)23)16-10-12-17(13-11-16)18-7-4-5-8-19(18)24-3/h4-5,7-8,10-13,15H,6,9,14H2,1-3H3,(H,22,23). The summed E-state index contributed by atoms with van der Waals surface area (Å²) in [6.07, 6.45) is 0.874. The van der Waals surface area contributed by atoms with Gasteiger partial charge in [0.15, 0.2) is 0 Å². The van der Waals surface area contributed by atoms with Gasteiger partial charge in [-0.2, -0.15) is 0 Å². The van der Waals surface area contributed by atoms with Crippen molar-refractivity contribution >= 4 is 5.97 Å². The molecular formula is C20H25NO3. The van der Waals surface area contributed by atoms with Crippen LogP contribution in [0.2, 0.25) is 0 Å². The Balaban J connectivity index is 2.07. The summed E-state index contributed by atoms with van der Waals surface area (Å²) in [4.78, 5) is 12.8. The number of para-hydroxylation sites is 1. The second-order valence-corrected chi connectivity index (χ2v) is 5.98. The molecule has 0 saturated carbocycles. The maximum Gasteiger partial charge on any atom is 0.303 e. The number of benzene rings is 2. The molecule has 4 heteroatoms. The van der Waals surface area contributed by atoms with Gasteiger partial charge in [0.2, 0.25) is 0 Å². The average molecular weight is 327 g/mol. The number of rotatable bonds is 8. The highest BCUT2D eigenvalue weighted by atomic mass is 16.5. The molecule has 1 unspecified atom stereocenters. The van der Waals surface area contributed by atoms with Gasteiger partial charge in [0, 0.05) is 18.0 Å². The fourth-order valence-electron chi connectivity index (χ4n) is 2.75. The van der Waals surface area contributed by atoms with Crippen molar-refractivity contribution in [2.24, 2.45) is 0 Å². The van der Waals surface area contributed by atoms with Crippen LogP contribution in [0.1, 0.15) is 31.4 Å². The molecule has 0 radical (unpaired) electrons. The molecule has 24 heavy (non-hydrogen) atoms. The number of aliphatic carboxylic acids is 1. The highest BCUT2D eigenvalue weighted by Crippen LogP contribution is 2.30. The first-order chi connectivity index (χ1) is 11.5. The number of methoxy groups -OCH3 is 1. The minimum absolute atomic E-state index is 0.212. The zero-order valence-corrected chi connectivity index (χ0v) is 14.5. The summed E-state index contributed by atoms with van der Waals surface area (Å²) in [5.74, 6) is 0.126. The summed E-state index contributed by atoms with van der Waals surface area (Å²) in [7, 11) is 3.71. The minimum atomic E-state index is -0.739. The van der Waals surface area contributed by atoms with Gasteiger partial charge >= 0.3 is 5.97 Å². The van der Waals surface area contributed by atoms with E-state index in [4.69, 9.17) is 9.84 Å². The molecule has 1 N–H and O–H groups in total. The van der Waals surface area contributed by atoms with Gasteiger partial charge in [-0.15, -0.1) is 0 Å². The number of hydrogen-bond acceptors (Lipinski definition) is 3. The molecule has 0 amide bonds. The number of carbonyl (C=O) groups is 1. The number of hydrogen-bond donors (Lipinski definition) is 1. The van der Waals surface area contributed by atoms with E-state index >= 15 is 0 Å². The van der Waals surface area contributed by atoms with E-state index < -0.39 is 5.97 Å². The first kappa shape index (κ1) is 18.0. The second-order valence-electron chi connectivity index (χ2n) is 5.98. The van der Waals surface area contributed by atoms with E-state index in [9.17, 15) is 4.79 Å². The molecule has 0 fully saturated rings. The Morgan fingerprint density at radius 1 is 1.17 bits per heavy atom. The fourth-order valence-corrected chi connectivity index (χ4v) is 2.75. The van der Waals surface area contributed by atoms with Crippen LogP contribution in [0.15, 0.2) is 48.5 Å². The summed E-state index contributed by atoms with van der Waals surface area (Å²) < 4.78 is 5.42. The van der Waals surface area contributed by atoms with Crippen LogP contribution < -0.4 is 4.74 Å². The molecule has 0 spiro atoms. The lowest BCUT2D eigenvalue weighted by Crippen LogP contribution is -2.24. The molecule has 2 aromatic carbocycles. The molecule has 0 saturated heterocycles. The number of nitrogens with zero attached hydrogens (tertiary/aromatic N) is 1. The normalized spacial score (nSPS) is 12.2. The van der Waals surface area contributed by atoms with Crippen molar-refractivity contribution in [2.45, 2.75) is 25.8 Å². The molecule has 0 heterocycles. The van der Waals surface area contributed by atoms with Crippen LogP contribution in [-0.4, -0.2) is 36.7 Å². The zero-order valence-electron chi connectivity index (χ0n) is 14.5. The molecule has 0 bridgehead atoms. The summed E-state index contributed by atoms with van der Waals surface area (Å²) in [5.41, 5.74) is 3.41. The lowest BCUT2D eigenvalue weighted by Gasteiger charge is -2.25. The van der Waals surface area contributed by atoms with Gasteiger partial charge in [0.1, 0.15) is 5.75 Å². The molecule has 1 atom stereocenters. The molecule has 128 valence electrons. The van der Waals surface area contributed by atoms with Gasteiger partial charge in [-0.3, -0.25) is 9.69 Å². The second kappa shape index (κ2) is 8.50. The first-order valence-corrected chi connectivity index (χ1v) is 8.18. The van der Waals surface area contributed by atoms with Crippen LogP contribution in [-0.2, 0) is 4.79 Å². The van der Waals surface area contributed by atoms with E-state index in [0.717, 1.165) is 23.4 Å².